The van der Waals surface area contributed by atoms with Gasteiger partial charge in [-0.2, -0.15) is 5.10 Å². The van der Waals surface area contributed by atoms with Crippen molar-refractivity contribution in [3.63, 3.8) is 0 Å². The number of hydrogen-bond donors (Lipinski definition) is 2. The second-order valence-electron chi connectivity index (χ2n) is 8.74. The number of rotatable bonds is 8. The van der Waals surface area contributed by atoms with E-state index < -0.39 is 6.09 Å². The van der Waals surface area contributed by atoms with Gasteiger partial charge in [0.2, 0.25) is 0 Å². The lowest BCUT2D eigenvalue weighted by atomic mass is 9.85. The van der Waals surface area contributed by atoms with Gasteiger partial charge >= 0.3 is 6.09 Å². The van der Waals surface area contributed by atoms with Crippen LogP contribution < -0.4 is 10.2 Å². The molecule has 0 spiro atoms. The lowest BCUT2D eigenvalue weighted by Gasteiger charge is -2.26. The van der Waals surface area contributed by atoms with Gasteiger partial charge in [-0.3, -0.25) is 0 Å². The van der Waals surface area contributed by atoms with Crippen LogP contribution in [0.1, 0.15) is 51.0 Å². The Morgan fingerprint density at radius 2 is 1.88 bits per heavy atom. The van der Waals surface area contributed by atoms with Gasteiger partial charge in [0.25, 0.3) is 0 Å². The minimum absolute atomic E-state index is 0.401. The van der Waals surface area contributed by atoms with Crippen LogP contribution in [-0.2, 0) is 6.54 Å². The summed E-state index contributed by atoms with van der Waals surface area (Å²) in [5.74, 6) is 0.810. The Morgan fingerprint density at radius 3 is 2.56 bits per heavy atom. The van der Waals surface area contributed by atoms with E-state index in [2.05, 4.69) is 17.3 Å². The third-order valence-electron chi connectivity index (χ3n) is 6.35. The van der Waals surface area contributed by atoms with Crippen molar-refractivity contribution < 1.29 is 9.90 Å². The molecule has 1 aliphatic rings. The maximum atomic E-state index is 12.3. The van der Waals surface area contributed by atoms with E-state index in [1.54, 1.807) is 10.9 Å². The van der Waals surface area contributed by atoms with Gasteiger partial charge in [0, 0.05) is 25.0 Å². The van der Waals surface area contributed by atoms with Crippen LogP contribution in [0.4, 0.5) is 16.2 Å². The fourth-order valence-electron chi connectivity index (χ4n) is 4.70. The van der Waals surface area contributed by atoms with E-state index in [1.165, 1.54) is 43.4 Å². The average molecular weight is 433 g/mol. The van der Waals surface area contributed by atoms with Gasteiger partial charge in [-0.25, -0.2) is 14.4 Å². The number of nitrogens with zero attached hydrogens (tertiary/aromatic N) is 3. The molecule has 1 aliphatic carbocycles. The number of benzene rings is 2. The summed E-state index contributed by atoms with van der Waals surface area (Å²) < 4.78 is 1.75. The molecule has 0 radical (unpaired) electrons. The van der Waals surface area contributed by atoms with E-state index >= 15 is 0 Å². The molecule has 0 aliphatic heterocycles. The summed E-state index contributed by atoms with van der Waals surface area (Å²) in [5, 5.41) is 17.9. The standard InChI is InChI=1S/C26H32N4O2/c1-20(18-21-8-3-2-4-9-21)27-19-22-10-5-6-11-25(22)30(26(31)32)24-14-12-23(13-15-24)29-17-7-16-28-29/h5-7,10-17,20-21,27H,2-4,8-9,18-19H2,1H3,(H,31,32). The summed E-state index contributed by atoms with van der Waals surface area (Å²) >= 11 is 0. The zero-order valence-corrected chi connectivity index (χ0v) is 18.7. The van der Waals surface area contributed by atoms with Crippen molar-refractivity contribution in [2.45, 2.75) is 58.0 Å². The van der Waals surface area contributed by atoms with Crippen LogP contribution in [-0.4, -0.2) is 27.0 Å². The normalized spacial score (nSPS) is 15.4. The van der Waals surface area contributed by atoms with Gasteiger partial charge < -0.3 is 10.4 Å². The summed E-state index contributed by atoms with van der Waals surface area (Å²) in [6, 6.07) is 17.4. The lowest BCUT2D eigenvalue weighted by molar-refractivity contribution is 0.204. The minimum Gasteiger partial charge on any atom is -0.464 e. The second kappa shape index (κ2) is 10.5. The summed E-state index contributed by atoms with van der Waals surface area (Å²) in [6.45, 7) is 2.87. The molecule has 6 nitrogen and oxygen atoms in total. The molecule has 3 aromatic rings. The molecule has 0 saturated heterocycles. The molecule has 1 fully saturated rings. The van der Waals surface area contributed by atoms with Crippen molar-refractivity contribution in [2.24, 2.45) is 5.92 Å². The first kappa shape index (κ1) is 22.1. The number of para-hydroxylation sites is 1. The van der Waals surface area contributed by atoms with Crippen LogP contribution in [0.15, 0.2) is 67.0 Å². The third kappa shape index (κ3) is 5.37. The minimum atomic E-state index is -1.00. The molecular formula is C26H32N4O2. The van der Waals surface area contributed by atoms with Crippen LogP contribution >= 0.6 is 0 Å². The Kier molecular flexibility index (Phi) is 7.22. The molecule has 1 aromatic heterocycles. The Bertz CT molecular complexity index is 995. The number of hydrogen-bond acceptors (Lipinski definition) is 3. The van der Waals surface area contributed by atoms with E-state index in [9.17, 15) is 9.90 Å². The first-order valence-corrected chi connectivity index (χ1v) is 11.6. The zero-order valence-electron chi connectivity index (χ0n) is 18.7. The molecule has 32 heavy (non-hydrogen) atoms. The summed E-state index contributed by atoms with van der Waals surface area (Å²) in [5.41, 5.74) is 3.15. The highest BCUT2D eigenvalue weighted by Gasteiger charge is 2.21. The highest BCUT2D eigenvalue weighted by molar-refractivity contribution is 5.95. The molecule has 6 heteroatoms. The smallest absolute Gasteiger partial charge is 0.416 e. The van der Waals surface area contributed by atoms with Crippen LogP contribution in [0.2, 0.25) is 0 Å². The fourth-order valence-corrected chi connectivity index (χ4v) is 4.70. The first-order valence-electron chi connectivity index (χ1n) is 11.6. The molecule has 1 saturated carbocycles. The zero-order chi connectivity index (χ0) is 22.3. The predicted octanol–water partition coefficient (Wildman–Crippen LogP) is 6.14. The van der Waals surface area contributed by atoms with Crippen molar-refractivity contribution in [3.8, 4) is 5.69 Å². The first-order chi connectivity index (χ1) is 15.6. The second-order valence-corrected chi connectivity index (χ2v) is 8.74. The van der Waals surface area contributed by atoms with Crippen molar-refractivity contribution in [1.29, 1.82) is 0 Å². The molecule has 2 N–H and O–H groups in total. The number of carboxylic acid groups (broad SMARTS) is 1. The molecule has 4 rings (SSSR count). The molecule has 1 unspecified atom stereocenters. The van der Waals surface area contributed by atoms with Gasteiger partial charge in [0.15, 0.2) is 0 Å². The van der Waals surface area contributed by atoms with Crippen LogP contribution in [0.25, 0.3) is 5.69 Å². The van der Waals surface area contributed by atoms with Gasteiger partial charge in [-0.1, -0.05) is 50.3 Å². The monoisotopic (exact) mass is 432 g/mol. The Balaban J connectivity index is 1.49. The van der Waals surface area contributed by atoms with E-state index in [0.717, 1.165) is 17.2 Å². The maximum Gasteiger partial charge on any atom is 0.416 e. The number of aromatic nitrogens is 2. The fraction of sp³-hybridized carbons (Fsp3) is 0.385. The average Bonchev–Trinajstić information content (AvgIpc) is 3.35. The number of anilines is 2. The van der Waals surface area contributed by atoms with Crippen molar-refractivity contribution >= 4 is 17.5 Å². The molecule has 1 heterocycles. The summed E-state index contributed by atoms with van der Waals surface area (Å²) in [6.07, 6.45) is 10.5. The quantitative estimate of drug-likeness (QED) is 0.449. The van der Waals surface area contributed by atoms with Crippen LogP contribution in [0.3, 0.4) is 0 Å². The lowest BCUT2D eigenvalue weighted by Crippen LogP contribution is -2.30. The number of amides is 1. The Hall–Kier alpha value is -3.12. The van der Waals surface area contributed by atoms with Crippen molar-refractivity contribution in [1.82, 2.24) is 15.1 Å². The van der Waals surface area contributed by atoms with Gasteiger partial charge in [0.1, 0.15) is 0 Å². The SMILES string of the molecule is CC(CC1CCCCC1)NCc1ccccc1N(C(=O)O)c1ccc(-n2cccn2)cc1. The molecular weight excluding hydrogens is 400 g/mol. The maximum absolute atomic E-state index is 12.3. The molecule has 2 aromatic carbocycles. The predicted molar refractivity (Wildman–Crippen MR) is 128 cm³/mol. The molecule has 0 bridgehead atoms. The molecule has 168 valence electrons. The van der Waals surface area contributed by atoms with E-state index in [4.69, 9.17) is 0 Å². The largest absolute Gasteiger partial charge is 0.464 e. The Labute approximate surface area is 189 Å². The molecule has 1 atom stereocenters. The highest BCUT2D eigenvalue weighted by atomic mass is 16.4. The summed E-state index contributed by atoms with van der Waals surface area (Å²) in [4.78, 5) is 13.6. The molecule has 1 amide bonds. The van der Waals surface area contributed by atoms with Crippen molar-refractivity contribution in [2.75, 3.05) is 4.90 Å². The van der Waals surface area contributed by atoms with Gasteiger partial charge in [0.05, 0.1) is 17.1 Å². The van der Waals surface area contributed by atoms with E-state index in [1.807, 2.05) is 60.8 Å². The van der Waals surface area contributed by atoms with E-state index in [-0.39, 0.29) is 0 Å². The Morgan fingerprint density at radius 1 is 1.12 bits per heavy atom. The third-order valence-corrected chi connectivity index (χ3v) is 6.35. The van der Waals surface area contributed by atoms with E-state index in [0.29, 0.717) is 24.0 Å². The topological polar surface area (TPSA) is 70.4 Å². The summed E-state index contributed by atoms with van der Waals surface area (Å²) in [7, 11) is 0. The highest BCUT2D eigenvalue weighted by Crippen LogP contribution is 2.30. The van der Waals surface area contributed by atoms with Gasteiger partial charge in [-0.05, 0) is 61.2 Å². The number of carbonyl (C=O) groups is 1. The number of nitrogens with one attached hydrogen (secondary N) is 1. The van der Waals surface area contributed by atoms with Crippen LogP contribution in [0, 0.1) is 5.92 Å². The van der Waals surface area contributed by atoms with Gasteiger partial charge in [-0.15, -0.1) is 0 Å². The van der Waals surface area contributed by atoms with Crippen LogP contribution in [0.5, 0.6) is 0 Å². The van der Waals surface area contributed by atoms with Crippen molar-refractivity contribution in [3.05, 3.63) is 72.6 Å².